The minimum Gasteiger partial charge on any atom is -0.491 e. The number of halogens is 1. The molecule has 0 aliphatic carbocycles. The third-order valence-electron chi connectivity index (χ3n) is 4.63. The fourth-order valence-electron chi connectivity index (χ4n) is 3.23. The van der Waals surface area contributed by atoms with Crippen LogP contribution in [0.2, 0.25) is 0 Å². The molecule has 1 aliphatic rings. The van der Waals surface area contributed by atoms with Crippen molar-refractivity contribution in [3.63, 3.8) is 0 Å². The third-order valence-corrected chi connectivity index (χ3v) is 4.63. The molecule has 8 nitrogen and oxygen atoms in total. The molecule has 0 radical (unpaired) electrons. The minimum absolute atomic E-state index is 0.00871. The summed E-state index contributed by atoms with van der Waals surface area (Å²) < 4.78 is 26.3. The van der Waals surface area contributed by atoms with Gasteiger partial charge >= 0.3 is 6.09 Å². The van der Waals surface area contributed by atoms with Crippen LogP contribution in [0.15, 0.2) is 31.0 Å². The zero-order valence-electron chi connectivity index (χ0n) is 19.4. The van der Waals surface area contributed by atoms with E-state index in [-0.39, 0.29) is 17.8 Å². The van der Waals surface area contributed by atoms with Crippen LogP contribution < -0.4 is 10.1 Å². The van der Waals surface area contributed by atoms with Crippen molar-refractivity contribution >= 4 is 23.3 Å². The maximum atomic E-state index is 13.6. The number of carbonyl (C=O) groups excluding carboxylic acids is 1. The lowest BCUT2D eigenvalue weighted by molar-refractivity contribution is 0.0634. The smallest absolute Gasteiger partial charge is 0.414 e. The van der Waals surface area contributed by atoms with Gasteiger partial charge in [0.15, 0.2) is 5.82 Å². The van der Waals surface area contributed by atoms with E-state index in [1.165, 1.54) is 12.1 Å². The molecule has 0 bridgehead atoms. The van der Waals surface area contributed by atoms with Crippen LogP contribution in [0.1, 0.15) is 59.0 Å². The number of anilines is 1. The Morgan fingerprint density at radius 3 is 2.75 bits per heavy atom. The molecule has 2 heterocycles. The van der Waals surface area contributed by atoms with Gasteiger partial charge < -0.3 is 14.4 Å². The first-order valence-corrected chi connectivity index (χ1v) is 10.5. The molecule has 1 aliphatic heterocycles. The number of nitrogens with zero attached hydrogens (tertiary/aromatic N) is 4. The van der Waals surface area contributed by atoms with Gasteiger partial charge in [-0.15, -0.1) is 5.10 Å². The number of rotatable bonds is 4. The maximum Gasteiger partial charge on any atom is 0.414 e. The van der Waals surface area contributed by atoms with E-state index in [9.17, 15) is 9.18 Å². The van der Waals surface area contributed by atoms with Crippen molar-refractivity contribution in [2.24, 2.45) is 0 Å². The molecule has 0 spiro atoms. The lowest BCUT2D eigenvalue weighted by Crippen LogP contribution is -2.27. The Hall–Kier alpha value is -3.36. The SMILES string of the molecule is C=C1c2ccc(F)cc2OCCN1/C=C(\C)c1nc(NC(=O)OC(C)(C)C)nn1C(C)C. The second-order valence-corrected chi connectivity index (χ2v) is 8.87. The summed E-state index contributed by atoms with van der Waals surface area (Å²) in [4.78, 5) is 18.6. The summed E-state index contributed by atoms with van der Waals surface area (Å²) in [6.45, 7) is 16.3. The quantitative estimate of drug-likeness (QED) is 0.710. The molecule has 1 N–H and O–H groups in total. The molecule has 0 saturated heterocycles. The Labute approximate surface area is 187 Å². The molecule has 172 valence electrons. The molecule has 0 fully saturated rings. The molecular formula is C23H30FN5O3. The number of fused-ring (bicyclic) bond motifs is 1. The summed E-state index contributed by atoms with van der Waals surface area (Å²) in [6.07, 6.45) is 1.29. The predicted octanol–water partition coefficient (Wildman–Crippen LogP) is 5.07. The summed E-state index contributed by atoms with van der Waals surface area (Å²) in [5.74, 6) is 0.877. The Morgan fingerprint density at radius 1 is 1.38 bits per heavy atom. The van der Waals surface area contributed by atoms with Gasteiger partial charge in [0, 0.05) is 35.1 Å². The third kappa shape index (κ3) is 5.46. The van der Waals surface area contributed by atoms with E-state index >= 15 is 0 Å². The lowest BCUT2D eigenvalue weighted by Gasteiger charge is -2.21. The first-order valence-electron chi connectivity index (χ1n) is 10.5. The van der Waals surface area contributed by atoms with Crippen molar-refractivity contribution in [1.29, 1.82) is 0 Å². The summed E-state index contributed by atoms with van der Waals surface area (Å²) in [7, 11) is 0. The van der Waals surface area contributed by atoms with Gasteiger partial charge in [-0.05, 0) is 53.7 Å². The van der Waals surface area contributed by atoms with E-state index < -0.39 is 11.7 Å². The average molecular weight is 444 g/mol. The number of amides is 1. The second kappa shape index (κ2) is 9.02. The molecule has 32 heavy (non-hydrogen) atoms. The molecule has 2 aromatic rings. The van der Waals surface area contributed by atoms with Crippen LogP contribution in [0.25, 0.3) is 11.3 Å². The van der Waals surface area contributed by atoms with Crippen molar-refractivity contribution in [1.82, 2.24) is 19.7 Å². The summed E-state index contributed by atoms with van der Waals surface area (Å²) >= 11 is 0. The molecule has 0 atom stereocenters. The van der Waals surface area contributed by atoms with Crippen LogP contribution in [-0.2, 0) is 4.74 Å². The average Bonchev–Trinajstić information content (AvgIpc) is 3.03. The van der Waals surface area contributed by atoms with Crippen molar-refractivity contribution in [3.8, 4) is 5.75 Å². The second-order valence-electron chi connectivity index (χ2n) is 8.87. The normalized spacial score (nSPS) is 14.7. The van der Waals surface area contributed by atoms with Gasteiger partial charge in [0.2, 0.25) is 0 Å². The summed E-state index contributed by atoms with van der Waals surface area (Å²) in [6, 6.07) is 4.42. The highest BCUT2D eigenvalue weighted by Crippen LogP contribution is 2.32. The number of carbonyl (C=O) groups is 1. The highest BCUT2D eigenvalue weighted by molar-refractivity contribution is 5.82. The van der Waals surface area contributed by atoms with Crippen LogP contribution in [0, 0.1) is 5.82 Å². The van der Waals surface area contributed by atoms with Gasteiger partial charge in [0.05, 0.1) is 6.54 Å². The zero-order valence-corrected chi connectivity index (χ0v) is 19.4. The summed E-state index contributed by atoms with van der Waals surface area (Å²) in [5, 5.41) is 7.01. The molecule has 9 heteroatoms. The molecule has 3 rings (SSSR count). The highest BCUT2D eigenvalue weighted by atomic mass is 19.1. The van der Waals surface area contributed by atoms with Gasteiger partial charge in [-0.3, -0.25) is 5.32 Å². The monoisotopic (exact) mass is 443 g/mol. The fraction of sp³-hybridized carbons (Fsp3) is 0.435. The van der Waals surface area contributed by atoms with Crippen molar-refractivity contribution in [3.05, 3.63) is 48.2 Å². The van der Waals surface area contributed by atoms with E-state index in [0.29, 0.717) is 30.4 Å². The lowest BCUT2D eigenvalue weighted by atomic mass is 10.1. The van der Waals surface area contributed by atoms with Crippen LogP contribution in [-0.4, -0.2) is 44.5 Å². The Balaban J connectivity index is 1.88. The van der Waals surface area contributed by atoms with Gasteiger partial charge in [-0.1, -0.05) is 6.58 Å². The number of ether oxygens (including phenoxy) is 2. The highest BCUT2D eigenvalue weighted by Gasteiger charge is 2.22. The first kappa shape index (κ1) is 23.3. The Bertz CT molecular complexity index is 1050. The first-order chi connectivity index (χ1) is 14.9. The molecule has 1 amide bonds. The molecule has 0 saturated carbocycles. The van der Waals surface area contributed by atoms with Gasteiger partial charge in [-0.2, -0.15) is 4.98 Å². The van der Waals surface area contributed by atoms with E-state index in [4.69, 9.17) is 9.47 Å². The molecule has 1 aromatic carbocycles. The number of allylic oxidation sites excluding steroid dienone is 1. The molecule has 0 unspecified atom stereocenters. The van der Waals surface area contributed by atoms with Gasteiger partial charge in [0.1, 0.15) is 23.8 Å². The molecule has 1 aromatic heterocycles. The van der Waals surface area contributed by atoms with E-state index in [1.54, 1.807) is 31.5 Å². The fourth-order valence-corrected chi connectivity index (χ4v) is 3.23. The van der Waals surface area contributed by atoms with Gasteiger partial charge in [-0.25, -0.2) is 13.9 Å². The standard InChI is InChI=1S/C23H30FN5O3/c1-14(2)29-20(25-21(27-29)26-22(30)32-23(5,6)7)15(3)13-28-10-11-31-19-12-17(24)8-9-18(19)16(28)4/h8-9,12-14H,4,10-11H2,1-3,5-7H3,(H,26,27,30)/b15-13+. The molecular weight excluding hydrogens is 413 g/mol. The van der Waals surface area contributed by atoms with Crippen LogP contribution in [0.5, 0.6) is 5.75 Å². The van der Waals surface area contributed by atoms with Crippen LogP contribution in [0.4, 0.5) is 15.1 Å². The Kier molecular flexibility index (Phi) is 6.57. The van der Waals surface area contributed by atoms with Crippen molar-refractivity contribution < 1.29 is 18.7 Å². The van der Waals surface area contributed by atoms with Crippen molar-refractivity contribution in [2.75, 3.05) is 18.5 Å². The van der Waals surface area contributed by atoms with Crippen LogP contribution in [0.3, 0.4) is 0 Å². The maximum absolute atomic E-state index is 13.6. The zero-order chi connectivity index (χ0) is 23.6. The van der Waals surface area contributed by atoms with Crippen molar-refractivity contribution in [2.45, 2.75) is 53.2 Å². The number of benzene rings is 1. The Morgan fingerprint density at radius 2 is 2.09 bits per heavy atom. The minimum atomic E-state index is -0.627. The number of hydrogen-bond acceptors (Lipinski definition) is 6. The van der Waals surface area contributed by atoms with E-state index in [2.05, 4.69) is 22.0 Å². The number of aromatic nitrogens is 3. The summed E-state index contributed by atoms with van der Waals surface area (Å²) in [5.41, 5.74) is 1.61. The van der Waals surface area contributed by atoms with Gasteiger partial charge in [0.25, 0.3) is 5.95 Å². The number of hydrogen-bond donors (Lipinski definition) is 1. The largest absolute Gasteiger partial charge is 0.491 e. The van der Waals surface area contributed by atoms with E-state index in [0.717, 1.165) is 11.1 Å². The van der Waals surface area contributed by atoms with E-state index in [1.807, 2.05) is 31.9 Å². The predicted molar refractivity (Wildman–Crippen MR) is 122 cm³/mol. The number of nitrogens with one attached hydrogen (secondary N) is 1. The topological polar surface area (TPSA) is 81.5 Å². The van der Waals surface area contributed by atoms with Crippen LogP contribution >= 0.6 is 0 Å².